The summed E-state index contributed by atoms with van der Waals surface area (Å²) in [6.07, 6.45) is -0.900. The fraction of sp³-hybridized carbons (Fsp3) is 0.333. The molecule has 0 aliphatic carbocycles. The summed E-state index contributed by atoms with van der Waals surface area (Å²) in [5.74, 6) is -0.876. The van der Waals surface area contributed by atoms with Gasteiger partial charge in [-0.1, -0.05) is 24.3 Å². The zero-order valence-corrected chi connectivity index (χ0v) is 15.0. The molecular weight excluding hydrogens is 375 g/mol. The van der Waals surface area contributed by atoms with Crippen LogP contribution in [0.4, 0.5) is 13.2 Å². The lowest BCUT2D eigenvalue weighted by Gasteiger charge is -2.12. The number of rotatable bonds is 7. The number of halogens is 3. The molecule has 0 saturated heterocycles. The van der Waals surface area contributed by atoms with E-state index >= 15 is 0 Å². The van der Waals surface area contributed by atoms with Crippen molar-refractivity contribution in [2.75, 3.05) is 0 Å². The number of aliphatic carboxylic acids is 1. The van der Waals surface area contributed by atoms with Gasteiger partial charge in [0.25, 0.3) is 0 Å². The number of nitrogens with zero attached hydrogens (tertiary/aromatic N) is 5. The first-order valence-electron chi connectivity index (χ1n) is 8.66. The van der Waals surface area contributed by atoms with Gasteiger partial charge in [-0.3, -0.25) is 9.48 Å². The zero-order chi connectivity index (χ0) is 20.3. The van der Waals surface area contributed by atoms with Crippen molar-refractivity contribution in [2.24, 2.45) is 0 Å². The van der Waals surface area contributed by atoms with Crippen LogP contribution in [0.5, 0.6) is 0 Å². The molecule has 2 heterocycles. The Balaban J connectivity index is 1.81. The third kappa shape index (κ3) is 4.21. The summed E-state index contributed by atoms with van der Waals surface area (Å²) in [6, 6.07) is 6.38. The molecule has 28 heavy (non-hydrogen) atoms. The van der Waals surface area contributed by atoms with Gasteiger partial charge in [-0.05, 0) is 25.0 Å². The van der Waals surface area contributed by atoms with Gasteiger partial charge < -0.3 is 5.11 Å². The Labute approximate surface area is 158 Å². The number of hydrogen-bond acceptors (Lipinski definition) is 4. The SMILES string of the molecule is CCc1cnn(-c2ccc(-c3cn(CCCC(=O)O)nn3)cc2)c1C(F)(F)F. The van der Waals surface area contributed by atoms with Crippen LogP contribution in [0, 0.1) is 0 Å². The molecule has 0 amide bonds. The maximum atomic E-state index is 13.4. The summed E-state index contributed by atoms with van der Waals surface area (Å²) in [5.41, 5.74) is 0.898. The van der Waals surface area contributed by atoms with E-state index in [1.165, 1.54) is 10.9 Å². The van der Waals surface area contributed by atoms with Crippen LogP contribution < -0.4 is 0 Å². The van der Waals surface area contributed by atoms with Crippen LogP contribution in [-0.4, -0.2) is 35.9 Å². The lowest BCUT2D eigenvalue weighted by molar-refractivity contribution is -0.143. The Morgan fingerprint density at radius 2 is 1.93 bits per heavy atom. The van der Waals surface area contributed by atoms with Crippen LogP contribution in [0.15, 0.2) is 36.7 Å². The highest BCUT2D eigenvalue weighted by Gasteiger charge is 2.38. The maximum absolute atomic E-state index is 13.4. The van der Waals surface area contributed by atoms with Crippen molar-refractivity contribution < 1.29 is 23.1 Å². The van der Waals surface area contributed by atoms with Gasteiger partial charge >= 0.3 is 12.1 Å². The Kier molecular flexibility index (Phi) is 5.48. The van der Waals surface area contributed by atoms with E-state index in [0.717, 1.165) is 4.68 Å². The molecule has 0 unspecified atom stereocenters. The first-order chi connectivity index (χ1) is 13.3. The number of hydrogen-bond donors (Lipinski definition) is 1. The van der Waals surface area contributed by atoms with Gasteiger partial charge in [-0.15, -0.1) is 5.10 Å². The monoisotopic (exact) mass is 393 g/mol. The number of carboxylic acid groups (broad SMARTS) is 1. The van der Waals surface area contributed by atoms with E-state index in [0.29, 0.717) is 29.9 Å². The molecule has 1 aromatic carbocycles. The minimum absolute atomic E-state index is 0.0368. The molecule has 0 aliphatic heterocycles. The van der Waals surface area contributed by atoms with Crippen LogP contribution in [-0.2, 0) is 23.9 Å². The van der Waals surface area contributed by atoms with E-state index in [9.17, 15) is 18.0 Å². The first kappa shape index (κ1) is 19.6. The molecule has 0 atom stereocenters. The Morgan fingerprint density at radius 3 is 2.54 bits per heavy atom. The molecule has 0 saturated carbocycles. The van der Waals surface area contributed by atoms with Crippen LogP contribution in [0.25, 0.3) is 16.9 Å². The number of carbonyl (C=O) groups is 1. The van der Waals surface area contributed by atoms with Gasteiger partial charge in [0.15, 0.2) is 5.69 Å². The maximum Gasteiger partial charge on any atom is 0.433 e. The molecule has 0 aliphatic rings. The van der Waals surface area contributed by atoms with Crippen LogP contribution >= 0.6 is 0 Å². The second-order valence-electron chi connectivity index (χ2n) is 6.19. The van der Waals surface area contributed by atoms with Gasteiger partial charge in [-0.25, -0.2) is 4.68 Å². The Hall–Kier alpha value is -3.17. The predicted octanol–water partition coefficient (Wildman–Crippen LogP) is 3.58. The summed E-state index contributed by atoms with van der Waals surface area (Å²) in [7, 11) is 0. The van der Waals surface area contributed by atoms with Gasteiger partial charge in [0.05, 0.1) is 18.1 Å². The number of benzene rings is 1. The quantitative estimate of drug-likeness (QED) is 0.663. The van der Waals surface area contributed by atoms with Crippen LogP contribution in [0.3, 0.4) is 0 Å². The topological polar surface area (TPSA) is 85.8 Å². The highest BCUT2D eigenvalue weighted by Crippen LogP contribution is 2.34. The van der Waals surface area contributed by atoms with Gasteiger partial charge in [0.1, 0.15) is 5.69 Å². The average Bonchev–Trinajstić information content (AvgIpc) is 3.28. The number of aryl methyl sites for hydroxylation is 2. The number of aromatic nitrogens is 5. The van der Waals surface area contributed by atoms with Crippen molar-refractivity contribution in [1.29, 1.82) is 0 Å². The van der Waals surface area contributed by atoms with Crippen LogP contribution in [0.2, 0.25) is 0 Å². The van der Waals surface area contributed by atoms with Gasteiger partial charge in [0, 0.05) is 24.1 Å². The molecule has 0 radical (unpaired) electrons. The smallest absolute Gasteiger partial charge is 0.433 e. The summed E-state index contributed by atoms with van der Waals surface area (Å²) >= 11 is 0. The van der Waals surface area contributed by atoms with Crippen molar-refractivity contribution in [2.45, 2.75) is 38.9 Å². The molecule has 0 fully saturated rings. The van der Waals surface area contributed by atoms with Crippen LogP contribution in [0.1, 0.15) is 31.0 Å². The fourth-order valence-electron chi connectivity index (χ4n) is 2.84. The molecule has 7 nitrogen and oxygen atoms in total. The Bertz CT molecular complexity index is 961. The lowest BCUT2D eigenvalue weighted by atomic mass is 10.1. The zero-order valence-electron chi connectivity index (χ0n) is 15.0. The average molecular weight is 393 g/mol. The van der Waals surface area contributed by atoms with Crippen molar-refractivity contribution in [3.63, 3.8) is 0 Å². The summed E-state index contributed by atoms with van der Waals surface area (Å²) in [4.78, 5) is 10.5. The van der Waals surface area contributed by atoms with E-state index in [1.54, 1.807) is 37.4 Å². The fourth-order valence-corrected chi connectivity index (χ4v) is 2.84. The largest absolute Gasteiger partial charge is 0.481 e. The lowest BCUT2D eigenvalue weighted by Crippen LogP contribution is -2.15. The molecule has 0 bridgehead atoms. The van der Waals surface area contributed by atoms with Gasteiger partial charge in [0.2, 0.25) is 0 Å². The third-order valence-electron chi connectivity index (χ3n) is 4.22. The normalized spacial score (nSPS) is 11.7. The van der Waals surface area contributed by atoms with E-state index < -0.39 is 17.8 Å². The summed E-state index contributed by atoms with van der Waals surface area (Å²) in [6.45, 7) is 2.07. The molecule has 148 valence electrons. The highest BCUT2D eigenvalue weighted by molar-refractivity contribution is 5.66. The van der Waals surface area contributed by atoms with Gasteiger partial charge in [-0.2, -0.15) is 18.3 Å². The Morgan fingerprint density at radius 1 is 1.21 bits per heavy atom. The van der Waals surface area contributed by atoms with Crippen molar-refractivity contribution in [3.8, 4) is 16.9 Å². The molecule has 0 spiro atoms. The second-order valence-corrected chi connectivity index (χ2v) is 6.19. The van der Waals surface area contributed by atoms with Crippen molar-refractivity contribution >= 4 is 5.97 Å². The van der Waals surface area contributed by atoms with E-state index in [2.05, 4.69) is 15.4 Å². The van der Waals surface area contributed by atoms with E-state index in [1.807, 2.05) is 0 Å². The van der Waals surface area contributed by atoms with E-state index in [4.69, 9.17) is 5.11 Å². The standard InChI is InChI=1S/C18H18F3N5O2/c1-2-12-10-22-26(17(12)18(19,20)21)14-7-5-13(6-8-14)15-11-25(24-23-15)9-3-4-16(27)28/h5-8,10-11H,2-4,9H2,1H3,(H,27,28). The minimum atomic E-state index is -4.50. The molecule has 10 heteroatoms. The van der Waals surface area contributed by atoms with Crippen molar-refractivity contribution in [3.05, 3.63) is 47.9 Å². The second kappa shape index (κ2) is 7.83. The molecule has 3 aromatic rings. The van der Waals surface area contributed by atoms with Crippen molar-refractivity contribution in [1.82, 2.24) is 24.8 Å². The molecule has 3 rings (SSSR count). The number of alkyl halides is 3. The molecule has 2 aromatic heterocycles. The summed E-state index contributed by atoms with van der Waals surface area (Å²) in [5, 5.41) is 20.5. The minimum Gasteiger partial charge on any atom is -0.481 e. The number of carboxylic acids is 1. The molecular formula is C18H18F3N5O2. The highest BCUT2D eigenvalue weighted by atomic mass is 19.4. The van der Waals surface area contributed by atoms with E-state index in [-0.39, 0.29) is 18.4 Å². The predicted molar refractivity (Wildman–Crippen MR) is 93.8 cm³/mol. The first-order valence-corrected chi connectivity index (χ1v) is 8.66. The summed E-state index contributed by atoms with van der Waals surface area (Å²) < 4.78 is 42.6. The third-order valence-corrected chi connectivity index (χ3v) is 4.22. The molecule has 1 N–H and O–H groups in total.